The second kappa shape index (κ2) is 5.78. The first-order chi connectivity index (χ1) is 6.97. The Morgan fingerprint density at radius 1 is 0.357 bits per heavy atom. The van der Waals surface area contributed by atoms with E-state index in [0.29, 0.717) is 0 Å². The van der Waals surface area contributed by atoms with Gasteiger partial charge >= 0.3 is 0 Å². The van der Waals surface area contributed by atoms with Gasteiger partial charge in [-0.1, -0.05) is 77.0 Å². The Kier molecular flexibility index (Phi) is 4.34. The molecule has 0 heterocycles. The van der Waals surface area contributed by atoms with E-state index in [1.54, 1.807) is 25.7 Å². The maximum atomic E-state index is 1.56. The Morgan fingerprint density at radius 2 is 0.643 bits per heavy atom. The molecular formula is C14H26. The van der Waals surface area contributed by atoms with Gasteiger partial charge in [0.15, 0.2) is 0 Å². The number of hydrogen-bond acceptors (Lipinski definition) is 0. The van der Waals surface area contributed by atoms with Gasteiger partial charge in [-0.15, -0.1) is 0 Å². The molecule has 0 atom stereocenters. The smallest absolute Gasteiger partial charge is 0.0386 e. The second-order valence-corrected chi connectivity index (χ2v) is 5.50. The fourth-order valence-electron chi connectivity index (χ4n) is 3.56. The van der Waals surface area contributed by atoms with Crippen molar-refractivity contribution in [3.05, 3.63) is 0 Å². The van der Waals surface area contributed by atoms with Gasteiger partial charge in [-0.05, 0) is 11.8 Å². The molecule has 0 N–H and O–H groups in total. The SMILES string of the molecule is C1CCCC(C2CCCCCC2)CC1. The predicted octanol–water partition coefficient (Wildman–Crippen LogP) is 4.93. The molecule has 0 radical (unpaired) electrons. The lowest BCUT2D eigenvalue weighted by atomic mass is 9.81. The van der Waals surface area contributed by atoms with Gasteiger partial charge in [-0.25, -0.2) is 0 Å². The summed E-state index contributed by atoms with van der Waals surface area (Å²) in [6.07, 6.45) is 18.4. The molecule has 0 aromatic rings. The summed E-state index contributed by atoms with van der Waals surface area (Å²) in [4.78, 5) is 0. The van der Waals surface area contributed by atoms with Crippen LogP contribution in [0.4, 0.5) is 0 Å². The largest absolute Gasteiger partial charge is 0.0533 e. The molecule has 0 bridgehead atoms. The van der Waals surface area contributed by atoms with E-state index in [2.05, 4.69) is 0 Å². The highest BCUT2D eigenvalue weighted by Gasteiger charge is 2.23. The van der Waals surface area contributed by atoms with Gasteiger partial charge < -0.3 is 0 Å². The van der Waals surface area contributed by atoms with Crippen molar-refractivity contribution in [1.29, 1.82) is 0 Å². The summed E-state index contributed by atoms with van der Waals surface area (Å²) >= 11 is 0. The standard InChI is InChI=1S/C14H26/c1-2-6-10-13(9-5-1)14-11-7-3-4-8-12-14/h13-14H,1-12H2. The van der Waals surface area contributed by atoms with Gasteiger partial charge in [-0.3, -0.25) is 0 Å². The normalized spacial score (nSPS) is 28.3. The van der Waals surface area contributed by atoms with Gasteiger partial charge in [-0.2, -0.15) is 0 Å². The molecule has 0 aromatic carbocycles. The lowest BCUT2D eigenvalue weighted by molar-refractivity contribution is 0.269. The summed E-state index contributed by atoms with van der Waals surface area (Å²) in [5.74, 6) is 2.24. The van der Waals surface area contributed by atoms with E-state index >= 15 is 0 Å². The molecule has 2 aliphatic carbocycles. The zero-order valence-electron chi connectivity index (χ0n) is 9.64. The van der Waals surface area contributed by atoms with Gasteiger partial charge in [0.2, 0.25) is 0 Å². The fraction of sp³-hybridized carbons (Fsp3) is 1.00. The van der Waals surface area contributed by atoms with E-state index in [1.165, 1.54) is 51.4 Å². The molecule has 0 amide bonds. The minimum absolute atomic E-state index is 1.12. The van der Waals surface area contributed by atoms with E-state index < -0.39 is 0 Å². The van der Waals surface area contributed by atoms with Crippen molar-refractivity contribution in [2.24, 2.45) is 11.8 Å². The highest BCUT2D eigenvalue weighted by atomic mass is 14.3. The van der Waals surface area contributed by atoms with Crippen molar-refractivity contribution in [1.82, 2.24) is 0 Å². The molecule has 2 fully saturated rings. The summed E-state index contributed by atoms with van der Waals surface area (Å²) in [6.45, 7) is 0. The predicted molar refractivity (Wildman–Crippen MR) is 62.4 cm³/mol. The van der Waals surface area contributed by atoms with Crippen LogP contribution in [0.2, 0.25) is 0 Å². The first-order valence-electron chi connectivity index (χ1n) is 6.97. The maximum absolute atomic E-state index is 1.56. The van der Waals surface area contributed by atoms with Crippen LogP contribution in [0.3, 0.4) is 0 Å². The van der Waals surface area contributed by atoms with E-state index in [4.69, 9.17) is 0 Å². The monoisotopic (exact) mass is 194 g/mol. The lowest BCUT2D eigenvalue weighted by Gasteiger charge is -2.24. The van der Waals surface area contributed by atoms with Crippen LogP contribution in [0.1, 0.15) is 77.0 Å². The van der Waals surface area contributed by atoms with Crippen LogP contribution < -0.4 is 0 Å². The number of rotatable bonds is 1. The fourth-order valence-corrected chi connectivity index (χ4v) is 3.56. The zero-order valence-corrected chi connectivity index (χ0v) is 9.64. The Bertz CT molecular complexity index is 116. The van der Waals surface area contributed by atoms with Crippen molar-refractivity contribution in [3.8, 4) is 0 Å². The minimum Gasteiger partial charge on any atom is -0.0533 e. The molecule has 2 saturated carbocycles. The van der Waals surface area contributed by atoms with E-state index in [-0.39, 0.29) is 0 Å². The van der Waals surface area contributed by atoms with E-state index in [9.17, 15) is 0 Å². The van der Waals surface area contributed by atoms with Crippen LogP contribution in [0.5, 0.6) is 0 Å². The summed E-state index contributed by atoms with van der Waals surface area (Å²) in [6, 6.07) is 0. The third-order valence-electron chi connectivity index (χ3n) is 4.47. The summed E-state index contributed by atoms with van der Waals surface area (Å²) < 4.78 is 0. The number of hydrogen-bond donors (Lipinski definition) is 0. The topological polar surface area (TPSA) is 0 Å². The molecule has 0 aromatic heterocycles. The lowest BCUT2D eigenvalue weighted by Crippen LogP contribution is -2.13. The Balaban J connectivity index is 1.83. The molecule has 82 valence electrons. The van der Waals surface area contributed by atoms with Crippen molar-refractivity contribution in [2.75, 3.05) is 0 Å². The summed E-state index contributed by atoms with van der Waals surface area (Å²) in [5, 5.41) is 0. The van der Waals surface area contributed by atoms with Crippen LogP contribution in [0, 0.1) is 11.8 Å². The Labute approximate surface area is 89.5 Å². The van der Waals surface area contributed by atoms with Crippen molar-refractivity contribution in [3.63, 3.8) is 0 Å². The zero-order chi connectivity index (χ0) is 9.64. The average molecular weight is 194 g/mol. The van der Waals surface area contributed by atoms with Gasteiger partial charge in [0.1, 0.15) is 0 Å². The van der Waals surface area contributed by atoms with Crippen LogP contribution in [0.25, 0.3) is 0 Å². The van der Waals surface area contributed by atoms with Gasteiger partial charge in [0.25, 0.3) is 0 Å². The Morgan fingerprint density at radius 3 is 0.929 bits per heavy atom. The minimum atomic E-state index is 1.12. The first kappa shape index (κ1) is 10.5. The van der Waals surface area contributed by atoms with Gasteiger partial charge in [0.05, 0.1) is 0 Å². The molecule has 0 unspecified atom stereocenters. The first-order valence-corrected chi connectivity index (χ1v) is 6.97. The molecule has 0 saturated heterocycles. The molecule has 2 aliphatic rings. The van der Waals surface area contributed by atoms with Crippen LogP contribution in [0.15, 0.2) is 0 Å². The van der Waals surface area contributed by atoms with E-state index in [1.807, 2.05) is 0 Å². The van der Waals surface area contributed by atoms with Crippen LogP contribution in [-0.4, -0.2) is 0 Å². The highest BCUT2D eigenvalue weighted by Crippen LogP contribution is 2.36. The quantitative estimate of drug-likeness (QED) is 0.519. The molecule has 0 heteroatoms. The van der Waals surface area contributed by atoms with Crippen molar-refractivity contribution < 1.29 is 0 Å². The Hall–Kier alpha value is 0. The van der Waals surface area contributed by atoms with Crippen molar-refractivity contribution >= 4 is 0 Å². The molecule has 14 heavy (non-hydrogen) atoms. The molecule has 0 nitrogen and oxygen atoms in total. The second-order valence-electron chi connectivity index (χ2n) is 5.50. The third-order valence-corrected chi connectivity index (χ3v) is 4.47. The highest BCUT2D eigenvalue weighted by molar-refractivity contribution is 4.75. The van der Waals surface area contributed by atoms with E-state index in [0.717, 1.165) is 11.8 Å². The average Bonchev–Trinajstić information content (AvgIpc) is 2.62. The van der Waals surface area contributed by atoms with Crippen LogP contribution >= 0.6 is 0 Å². The van der Waals surface area contributed by atoms with Crippen LogP contribution in [-0.2, 0) is 0 Å². The summed E-state index contributed by atoms with van der Waals surface area (Å²) in [5.41, 5.74) is 0. The van der Waals surface area contributed by atoms with Crippen molar-refractivity contribution in [2.45, 2.75) is 77.0 Å². The summed E-state index contributed by atoms with van der Waals surface area (Å²) in [7, 11) is 0. The third kappa shape index (κ3) is 3.00. The van der Waals surface area contributed by atoms with Gasteiger partial charge in [0, 0.05) is 0 Å². The molecular weight excluding hydrogens is 168 g/mol. The molecule has 0 spiro atoms. The molecule has 2 rings (SSSR count). The molecule has 0 aliphatic heterocycles. The maximum Gasteiger partial charge on any atom is -0.0386 e.